The normalized spacial score (nSPS) is 25.5. The quantitative estimate of drug-likeness (QED) is 0.609. The van der Waals surface area contributed by atoms with E-state index in [4.69, 9.17) is 0 Å². The van der Waals surface area contributed by atoms with Crippen molar-refractivity contribution in [2.75, 3.05) is 0 Å². The molecule has 2 aliphatic carbocycles. The molecule has 1 aromatic rings. The molecule has 2 aliphatic rings. The van der Waals surface area contributed by atoms with Gasteiger partial charge in [0.2, 0.25) is 10.0 Å². The molecular formula is C16H22N2O4S. The summed E-state index contributed by atoms with van der Waals surface area (Å²) < 4.78 is 27.9. The molecular weight excluding hydrogens is 316 g/mol. The summed E-state index contributed by atoms with van der Waals surface area (Å²) >= 11 is 0. The van der Waals surface area contributed by atoms with E-state index in [1.165, 1.54) is 18.2 Å². The second-order valence-corrected chi connectivity index (χ2v) is 8.52. The van der Waals surface area contributed by atoms with Gasteiger partial charge < -0.3 is 0 Å². The Balaban J connectivity index is 1.97. The van der Waals surface area contributed by atoms with E-state index in [1.807, 2.05) is 0 Å². The van der Waals surface area contributed by atoms with Gasteiger partial charge in [-0.15, -0.1) is 0 Å². The smallest absolute Gasteiger partial charge is 0.258 e. The van der Waals surface area contributed by atoms with E-state index < -0.39 is 14.9 Å². The zero-order valence-electron chi connectivity index (χ0n) is 13.2. The fourth-order valence-electron chi connectivity index (χ4n) is 3.46. The lowest BCUT2D eigenvalue weighted by molar-refractivity contribution is -0.387. The highest BCUT2D eigenvalue weighted by atomic mass is 32.2. The van der Waals surface area contributed by atoms with Crippen molar-refractivity contribution in [2.45, 2.75) is 62.4 Å². The van der Waals surface area contributed by atoms with Gasteiger partial charge in [0.05, 0.1) is 4.92 Å². The van der Waals surface area contributed by atoms with Gasteiger partial charge in [-0.2, -0.15) is 4.31 Å². The third-order valence-electron chi connectivity index (χ3n) is 4.87. The summed E-state index contributed by atoms with van der Waals surface area (Å²) in [7, 11) is -3.84. The Hall–Kier alpha value is -1.47. The largest absolute Gasteiger partial charge is 0.289 e. The Morgan fingerprint density at radius 2 is 1.57 bits per heavy atom. The van der Waals surface area contributed by atoms with Gasteiger partial charge >= 0.3 is 0 Å². The summed E-state index contributed by atoms with van der Waals surface area (Å²) in [5.74, 6) is 0.626. The lowest BCUT2D eigenvalue weighted by atomic mass is 9.87. The summed E-state index contributed by atoms with van der Waals surface area (Å²) in [5.41, 5.74) is -0.331. The maximum Gasteiger partial charge on any atom is 0.289 e. The van der Waals surface area contributed by atoms with Crippen LogP contribution in [0, 0.1) is 16.0 Å². The Bertz CT molecular complexity index is 692. The molecule has 0 unspecified atom stereocenters. The van der Waals surface area contributed by atoms with Gasteiger partial charge in [0, 0.05) is 18.2 Å². The molecule has 6 nitrogen and oxygen atoms in total. The molecule has 0 N–H and O–H groups in total. The first kappa shape index (κ1) is 16.4. The van der Waals surface area contributed by atoms with E-state index in [2.05, 4.69) is 6.92 Å². The predicted molar refractivity (Wildman–Crippen MR) is 86.6 cm³/mol. The summed E-state index contributed by atoms with van der Waals surface area (Å²) in [4.78, 5) is 10.4. The van der Waals surface area contributed by atoms with E-state index in [0.717, 1.165) is 38.5 Å². The second-order valence-electron chi connectivity index (χ2n) is 6.70. The summed E-state index contributed by atoms with van der Waals surface area (Å²) in [5, 5.41) is 11.2. The van der Waals surface area contributed by atoms with Crippen LogP contribution in [0.5, 0.6) is 0 Å². The zero-order valence-corrected chi connectivity index (χ0v) is 14.0. The molecule has 2 saturated carbocycles. The van der Waals surface area contributed by atoms with Gasteiger partial charge in [-0.25, -0.2) is 8.42 Å². The molecule has 1 aromatic carbocycles. The lowest BCUT2D eigenvalue weighted by Gasteiger charge is -2.35. The molecule has 0 aromatic heterocycles. The highest BCUT2D eigenvalue weighted by molar-refractivity contribution is 7.89. The average molecular weight is 338 g/mol. The van der Waals surface area contributed by atoms with E-state index in [9.17, 15) is 18.5 Å². The van der Waals surface area contributed by atoms with Crippen molar-refractivity contribution < 1.29 is 13.3 Å². The minimum absolute atomic E-state index is 0.0122. The van der Waals surface area contributed by atoms with Gasteiger partial charge in [-0.05, 0) is 50.5 Å². The van der Waals surface area contributed by atoms with Crippen molar-refractivity contribution in [3.8, 4) is 0 Å². The van der Waals surface area contributed by atoms with Crippen LogP contribution >= 0.6 is 0 Å². The van der Waals surface area contributed by atoms with Crippen molar-refractivity contribution in [3.63, 3.8) is 0 Å². The first-order valence-corrected chi connectivity index (χ1v) is 9.62. The summed E-state index contributed by atoms with van der Waals surface area (Å²) in [6.45, 7) is 2.19. The summed E-state index contributed by atoms with van der Waals surface area (Å²) in [6, 6.07) is 5.66. The van der Waals surface area contributed by atoms with Gasteiger partial charge in [-0.1, -0.05) is 19.1 Å². The van der Waals surface area contributed by atoms with Crippen LogP contribution in [-0.4, -0.2) is 29.7 Å². The van der Waals surface area contributed by atoms with E-state index in [-0.39, 0.29) is 22.7 Å². The Kier molecular flexibility index (Phi) is 4.42. The van der Waals surface area contributed by atoms with Crippen molar-refractivity contribution >= 4 is 15.7 Å². The monoisotopic (exact) mass is 338 g/mol. The maximum absolute atomic E-state index is 13.1. The second kappa shape index (κ2) is 6.20. The van der Waals surface area contributed by atoms with Crippen LogP contribution in [-0.2, 0) is 10.0 Å². The predicted octanol–water partition coefficient (Wildman–Crippen LogP) is 3.33. The number of benzene rings is 1. The number of nitro groups is 1. The molecule has 2 fully saturated rings. The fourth-order valence-corrected chi connectivity index (χ4v) is 5.55. The molecule has 0 aliphatic heterocycles. The zero-order chi connectivity index (χ0) is 16.6. The molecule has 0 spiro atoms. The van der Waals surface area contributed by atoms with Crippen LogP contribution in [0.15, 0.2) is 29.2 Å². The Labute approximate surface area is 136 Å². The number of para-hydroxylation sites is 1. The third-order valence-corrected chi connectivity index (χ3v) is 6.92. The van der Waals surface area contributed by atoms with Gasteiger partial charge in [0.1, 0.15) is 0 Å². The maximum atomic E-state index is 13.1. The first-order valence-electron chi connectivity index (χ1n) is 8.18. The molecule has 0 radical (unpaired) electrons. The summed E-state index contributed by atoms with van der Waals surface area (Å²) in [6.07, 6.45) is 5.42. The molecule has 0 atom stereocenters. The number of sulfonamides is 1. The van der Waals surface area contributed by atoms with Crippen LogP contribution in [0.4, 0.5) is 5.69 Å². The topological polar surface area (TPSA) is 80.5 Å². The Morgan fingerprint density at radius 3 is 2.09 bits per heavy atom. The van der Waals surface area contributed by atoms with Gasteiger partial charge in [0.25, 0.3) is 5.69 Å². The molecule has 0 saturated heterocycles. The van der Waals surface area contributed by atoms with Crippen molar-refractivity contribution in [1.82, 2.24) is 4.31 Å². The number of nitrogens with zero attached hydrogens (tertiary/aromatic N) is 2. The van der Waals surface area contributed by atoms with Gasteiger partial charge in [0.15, 0.2) is 4.90 Å². The fraction of sp³-hybridized carbons (Fsp3) is 0.625. The molecule has 3 rings (SSSR count). The molecule has 0 amide bonds. The first-order chi connectivity index (χ1) is 10.9. The standard InChI is InChI=1S/C16H22N2O4S/c1-12-6-8-13(9-7-12)17(14-10-11-14)23(21,22)16-5-3-2-4-15(16)18(19)20/h2-5,12-14H,6-11H2,1H3. The highest BCUT2D eigenvalue weighted by Gasteiger charge is 2.45. The van der Waals surface area contributed by atoms with Crippen LogP contribution < -0.4 is 0 Å². The minimum Gasteiger partial charge on any atom is -0.258 e. The van der Waals surface area contributed by atoms with E-state index >= 15 is 0 Å². The van der Waals surface area contributed by atoms with E-state index in [1.54, 1.807) is 10.4 Å². The van der Waals surface area contributed by atoms with Crippen LogP contribution in [0.3, 0.4) is 0 Å². The van der Waals surface area contributed by atoms with Gasteiger partial charge in [-0.3, -0.25) is 10.1 Å². The number of rotatable bonds is 5. The molecule has 0 heterocycles. The van der Waals surface area contributed by atoms with Crippen molar-refractivity contribution in [2.24, 2.45) is 5.92 Å². The number of nitro benzene ring substituents is 1. The lowest BCUT2D eigenvalue weighted by Crippen LogP contribution is -2.43. The SMILES string of the molecule is CC1CCC(N(C2CC2)S(=O)(=O)c2ccccc2[N+](=O)[O-])CC1. The third kappa shape index (κ3) is 3.26. The number of hydrogen-bond donors (Lipinski definition) is 0. The average Bonchev–Trinajstić information content (AvgIpc) is 3.34. The molecule has 126 valence electrons. The van der Waals surface area contributed by atoms with Crippen molar-refractivity contribution in [1.29, 1.82) is 0 Å². The minimum atomic E-state index is -3.84. The van der Waals surface area contributed by atoms with Crippen LogP contribution in [0.2, 0.25) is 0 Å². The van der Waals surface area contributed by atoms with Crippen LogP contribution in [0.25, 0.3) is 0 Å². The van der Waals surface area contributed by atoms with Crippen molar-refractivity contribution in [3.05, 3.63) is 34.4 Å². The molecule has 7 heteroatoms. The van der Waals surface area contributed by atoms with Crippen LogP contribution in [0.1, 0.15) is 45.4 Å². The number of hydrogen-bond acceptors (Lipinski definition) is 4. The molecule has 23 heavy (non-hydrogen) atoms. The Morgan fingerprint density at radius 1 is 1.04 bits per heavy atom. The van der Waals surface area contributed by atoms with E-state index in [0.29, 0.717) is 5.92 Å². The highest BCUT2D eigenvalue weighted by Crippen LogP contribution is 2.40. The molecule has 0 bridgehead atoms.